The predicted molar refractivity (Wildman–Crippen MR) is 110 cm³/mol. The van der Waals surface area contributed by atoms with Gasteiger partial charge in [0, 0.05) is 29.8 Å². The van der Waals surface area contributed by atoms with Crippen molar-refractivity contribution in [2.75, 3.05) is 20.3 Å². The van der Waals surface area contributed by atoms with Gasteiger partial charge in [-0.25, -0.2) is 0 Å². The zero-order valence-electron chi connectivity index (χ0n) is 14.9. The van der Waals surface area contributed by atoms with Crippen LogP contribution in [0.25, 0.3) is 11.3 Å². The van der Waals surface area contributed by atoms with Crippen molar-refractivity contribution in [2.45, 2.75) is 6.04 Å². The highest BCUT2D eigenvalue weighted by molar-refractivity contribution is 6.42. The quantitative estimate of drug-likeness (QED) is 0.596. The maximum Gasteiger partial charge on any atom is 0.273 e. The maximum atomic E-state index is 13.1. The van der Waals surface area contributed by atoms with E-state index in [-0.39, 0.29) is 11.9 Å². The second kappa shape index (κ2) is 7.76. The van der Waals surface area contributed by atoms with Gasteiger partial charge in [0.1, 0.15) is 5.69 Å². The molecule has 4 rings (SSSR count). The number of methoxy groups -OCH3 is 1. The first-order chi connectivity index (χ1) is 13.5. The molecular formula is C20H16Cl3N3O2. The number of halogens is 3. The highest BCUT2D eigenvalue weighted by Gasteiger charge is 2.42. The van der Waals surface area contributed by atoms with Gasteiger partial charge < -0.3 is 9.64 Å². The molecule has 2 heterocycles. The van der Waals surface area contributed by atoms with E-state index in [1.54, 1.807) is 36.3 Å². The summed E-state index contributed by atoms with van der Waals surface area (Å²) in [6, 6.07) is 12.4. The summed E-state index contributed by atoms with van der Waals surface area (Å²) in [4.78, 5) is 14.8. The summed E-state index contributed by atoms with van der Waals surface area (Å²) in [6.07, 6.45) is 0. The summed E-state index contributed by atoms with van der Waals surface area (Å²) in [6.45, 7) is 0.848. The molecule has 0 bridgehead atoms. The van der Waals surface area contributed by atoms with Crippen molar-refractivity contribution in [2.24, 2.45) is 0 Å². The Kier molecular flexibility index (Phi) is 5.34. The normalized spacial score (nSPS) is 15.9. The molecule has 1 amide bonds. The van der Waals surface area contributed by atoms with Crippen molar-refractivity contribution in [1.29, 1.82) is 0 Å². The molecule has 0 radical (unpaired) electrons. The van der Waals surface area contributed by atoms with E-state index in [0.29, 0.717) is 39.6 Å². The molecule has 1 aliphatic heterocycles. The van der Waals surface area contributed by atoms with E-state index < -0.39 is 0 Å². The number of carbonyl (C=O) groups is 1. The molecule has 28 heavy (non-hydrogen) atoms. The first kappa shape index (κ1) is 19.3. The van der Waals surface area contributed by atoms with Crippen LogP contribution < -0.4 is 0 Å². The minimum Gasteiger partial charge on any atom is -0.383 e. The number of fused-ring (bicyclic) bond motifs is 1. The summed E-state index contributed by atoms with van der Waals surface area (Å²) in [5, 5.41) is 8.85. The van der Waals surface area contributed by atoms with Crippen molar-refractivity contribution in [3.05, 3.63) is 74.4 Å². The molecule has 0 spiro atoms. The molecule has 8 heteroatoms. The van der Waals surface area contributed by atoms with Gasteiger partial charge >= 0.3 is 0 Å². The van der Waals surface area contributed by atoms with Gasteiger partial charge in [-0.15, -0.1) is 0 Å². The van der Waals surface area contributed by atoms with Gasteiger partial charge in [0.05, 0.1) is 28.4 Å². The fraction of sp³-hybridized carbons (Fsp3) is 0.200. The van der Waals surface area contributed by atoms with Crippen molar-refractivity contribution < 1.29 is 9.53 Å². The number of H-pyrrole nitrogens is 1. The van der Waals surface area contributed by atoms with Gasteiger partial charge in [-0.2, -0.15) is 5.10 Å². The van der Waals surface area contributed by atoms with Gasteiger partial charge in [-0.3, -0.25) is 9.89 Å². The Hall–Kier alpha value is -2.05. The van der Waals surface area contributed by atoms with Gasteiger partial charge in [0.25, 0.3) is 5.91 Å². The smallest absolute Gasteiger partial charge is 0.273 e. The van der Waals surface area contributed by atoms with Gasteiger partial charge in [0.2, 0.25) is 0 Å². The fourth-order valence-electron chi connectivity index (χ4n) is 3.47. The number of carbonyl (C=O) groups excluding carboxylic acids is 1. The average molecular weight is 437 g/mol. The standard InChI is InChI=1S/C20H16Cl3N3O2/c1-28-9-8-26-19(12-4-7-14(22)15(23)10-12)16-17(24-25-18(16)20(26)27)11-2-5-13(21)6-3-11/h2-7,10,19H,8-9H2,1H3,(H,24,25). The summed E-state index contributed by atoms with van der Waals surface area (Å²) >= 11 is 18.4. The monoisotopic (exact) mass is 435 g/mol. The number of hydrogen-bond acceptors (Lipinski definition) is 3. The number of hydrogen-bond donors (Lipinski definition) is 1. The molecule has 0 saturated heterocycles. The molecular weight excluding hydrogens is 421 g/mol. The Morgan fingerprint density at radius 3 is 2.54 bits per heavy atom. The molecule has 0 aliphatic carbocycles. The summed E-state index contributed by atoms with van der Waals surface area (Å²) < 4.78 is 5.20. The van der Waals surface area contributed by atoms with Crippen LogP contribution in [0.15, 0.2) is 42.5 Å². The van der Waals surface area contributed by atoms with Crippen LogP contribution in [0.5, 0.6) is 0 Å². The van der Waals surface area contributed by atoms with E-state index in [0.717, 1.165) is 16.7 Å². The third kappa shape index (κ3) is 3.29. The fourth-order valence-corrected chi connectivity index (χ4v) is 3.91. The lowest BCUT2D eigenvalue weighted by Crippen LogP contribution is -2.32. The lowest BCUT2D eigenvalue weighted by molar-refractivity contribution is 0.0677. The van der Waals surface area contributed by atoms with E-state index in [4.69, 9.17) is 39.5 Å². The molecule has 1 aromatic heterocycles. The third-order valence-corrected chi connectivity index (χ3v) is 5.77. The third-order valence-electron chi connectivity index (χ3n) is 4.78. The summed E-state index contributed by atoms with van der Waals surface area (Å²) in [5.74, 6) is -0.129. The Morgan fingerprint density at radius 2 is 1.86 bits per heavy atom. The van der Waals surface area contributed by atoms with Crippen LogP contribution in [0.3, 0.4) is 0 Å². The minimum atomic E-state index is -0.350. The molecule has 3 aromatic rings. The minimum absolute atomic E-state index is 0.129. The number of rotatable bonds is 5. The van der Waals surface area contributed by atoms with E-state index >= 15 is 0 Å². The molecule has 1 unspecified atom stereocenters. The largest absolute Gasteiger partial charge is 0.383 e. The SMILES string of the molecule is COCCN1C(=O)c2[nH]nc(-c3ccc(Cl)cc3)c2C1c1ccc(Cl)c(Cl)c1. The number of nitrogens with zero attached hydrogens (tertiary/aromatic N) is 2. The Bertz CT molecular complexity index is 1030. The summed E-state index contributed by atoms with van der Waals surface area (Å²) in [5.41, 5.74) is 3.71. The second-order valence-corrected chi connectivity index (χ2v) is 7.69. The molecule has 5 nitrogen and oxygen atoms in total. The molecule has 1 atom stereocenters. The first-order valence-electron chi connectivity index (χ1n) is 8.60. The zero-order valence-corrected chi connectivity index (χ0v) is 17.1. The van der Waals surface area contributed by atoms with Crippen molar-refractivity contribution >= 4 is 40.7 Å². The van der Waals surface area contributed by atoms with Crippen LogP contribution in [0.4, 0.5) is 0 Å². The van der Waals surface area contributed by atoms with Crippen LogP contribution in [0, 0.1) is 0 Å². The Labute approximate surface area is 177 Å². The number of benzene rings is 2. The lowest BCUT2D eigenvalue weighted by Gasteiger charge is -2.26. The maximum absolute atomic E-state index is 13.1. The van der Waals surface area contributed by atoms with Crippen LogP contribution >= 0.6 is 34.8 Å². The zero-order chi connectivity index (χ0) is 19.8. The number of nitrogens with one attached hydrogen (secondary N) is 1. The average Bonchev–Trinajstić information content (AvgIpc) is 3.22. The van der Waals surface area contributed by atoms with Crippen molar-refractivity contribution in [3.63, 3.8) is 0 Å². The van der Waals surface area contributed by atoms with Crippen molar-refractivity contribution in [1.82, 2.24) is 15.1 Å². The first-order valence-corrected chi connectivity index (χ1v) is 9.73. The Balaban J connectivity index is 1.87. The van der Waals surface area contributed by atoms with E-state index in [2.05, 4.69) is 10.2 Å². The van der Waals surface area contributed by atoms with E-state index in [1.807, 2.05) is 18.2 Å². The molecule has 1 aliphatic rings. The topological polar surface area (TPSA) is 58.2 Å². The Morgan fingerprint density at radius 1 is 1.11 bits per heavy atom. The van der Waals surface area contributed by atoms with Crippen molar-refractivity contribution in [3.8, 4) is 11.3 Å². The second-order valence-electron chi connectivity index (χ2n) is 6.44. The van der Waals surface area contributed by atoms with Crippen LogP contribution in [-0.4, -0.2) is 41.3 Å². The van der Waals surface area contributed by atoms with Crippen LogP contribution in [0.1, 0.15) is 27.7 Å². The van der Waals surface area contributed by atoms with Crippen LogP contribution in [-0.2, 0) is 4.74 Å². The van der Waals surface area contributed by atoms with E-state index in [9.17, 15) is 4.79 Å². The van der Waals surface area contributed by atoms with Crippen LogP contribution in [0.2, 0.25) is 15.1 Å². The van der Waals surface area contributed by atoms with Gasteiger partial charge in [-0.05, 0) is 29.8 Å². The number of amides is 1. The molecule has 144 valence electrons. The highest BCUT2D eigenvalue weighted by Crippen LogP contribution is 2.43. The molecule has 0 fully saturated rings. The summed E-state index contributed by atoms with van der Waals surface area (Å²) in [7, 11) is 1.61. The number of aromatic nitrogens is 2. The molecule has 2 aromatic carbocycles. The number of aromatic amines is 1. The molecule has 0 saturated carbocycles. The predicted octanol–water partition coefficient (Wildman–Crippen LogP) is 5.23. The number of ether oxygens (including phenoxy) is 1. The lowest BCUT2D eigenvalue weighted by atomic mass is 9.96. The van der Waals surface area contributed by atoms with Gasteiger partial charge in [0.15, 0.2) is 0 Å². The molecule has 1 N–H and O–H groups in total. The van der Waals surface area contributed by atoms with Gasteiger partial charge in [-0.1, -0.05) is 53.0 Å². The highest BCUT2D eigenvalue weighted by atomic mass is 35.5. The van der Waals surface area contributed by atoms with E-state index in [1.165, 1.54) is 0 Å².